The first kappa shape index (κ1) is 20.3. The second kappa shape index (κ2) is 9.89. The molecule has 0 saturated carbocycles. The van der Waals surface area contributed by atoms with E-state index < -0.39 is 22.0 Å². The van der Waals surface area contributed by atoms with E-state index in [1.807, 2.05) is 0 Å². The molecule has 0 unspecified atom stereocenters. The van der Waals surface area contributed by atoms with Crippen LogP contribution in [-0.4, -0.2) is 30.6 Å². The number of hydrogen-bond acceptors (Lipinski definition) is 5. The van der Waals surface area contributed by atoms with Gasteiger partial charge in [-0.25, -0.2) is 13.6 Å². The van der Waals surface area contributed by atoms with E-state index in [-0.39, 0.29) is 4.90 Å². The lowest BCUT2D eigenvalue weighted by molar-refractivity contribution is -0.135. The Kier molecular flexibility index (Phi) is 10.1. The lowest BCUT2D eigenvalue weighted by Gasteiger charge is -1.98. The lowest BCUT2D eigenvalue weighted by atomic mass is 10.2. The minimum Gasteiger partial charge on any atom is -0.481 e. The largest absolute Gasteiger partial charge is 0.481 e. The fourth-order valence-corrected chi connectivity index (χ4v) is 1.33. The van der Waals surface area contributed by atoms with Crippen LogP contribution in [0.25, 0.3) is 0 Å². The molecule has 114 valence electrons. The van der Waals surface area contributed by atoms with Crippen molar-refractivity contribution in [2.45, 2.75) is 25.3 Å². The van der Waals surface area contributed by atoms with Gasteiger partial charge in [0.1, 0.15) is 0 Å². The van der Waals surface area contributed by atoms with Crippen LogP contribution in [0.5, 0.6) is 0 Å². The van der Waals surface area contributed by atoms with Crippen LogP contribution >= 0.6 is 0 Å². The molecule has 0 fully saturated rings. The molecule has 6 N–H and O–H groups in total. The quantitative estimate of drug-likeness (QED) is 0.596. The zero-order valence-corrected chi connectivity index (χ0v) is 11.9. The molecule has 0 heterocycles. The Morgan fingerprint density at radius 2 is 1.35 bits per heavy atom. The second-order valence-electron chi connectivity index (χ2n) is 3.43. The Bertz CT molecular complexity index is 504. The summed E-state index contributed by atoms with van der Waals surface area (Å²) in [5, 5.41) is 19.7. The van der Waals surface area contributed by atoms with Crippen molar-refractivity contribution < 1.29 is 28.2 Å². The van der Waals surface area contributed by atoms with Gasteiger partial charge < -0.3 is 15.9 Å². The molecule has 20 heavy (non-hydrogen) atoms. The van der Waals surface area contributed by atoms with E-state index in [9.17, 15) is 8.42 Å². The van der Waals surface area contributed by atoms with Crippen LogP contribution in [0.4, 0.5) is 0 Å². The molecular weight excluding hydrogens is 288 g/mol. The van der Waals surface area contributed by atoms with E-state index in [1.54, 1.807) is 12.1 Å². The Labute approximate surface area is 117 Å². The number of benzene rings is 1. The number of carboxylic acid groups (broad SMARTS) is 2. The van der Waals surface area contributed by atoms with E-state index in [1.165, 1.54) is 12.1 Å². The smallest absolute Gasteiger partial charge is 0.300 e. The predicted octanol–water partition coefficient (Wildman–Crippen LogP) is -0.0255. The topological polar surface area (TPSA) is 161 Å². The molecule has 8 nitrogen and oxygen atoms in total. The highest BCUT2D eigenvalue weighted by Gasteiger charge is 2.05. The van der Waals surface area contributed by atoms with Crippen molar-refractivity contribution in [3.8, 4) is 0 Å². The number of primary sulfonamides is 1. The van der Waals surface area contributed by atoms with E-state index in [4.69, 9.17) is 30.7 Å². The molecule has 1 aromatic rings. The third kappa shape index (κ3) is 14.1. The van der Waals surface area contributed by atoms with Gasteiger partial charge in [-0.15, -0.1) is 0 Å². The molecular formula is C11H18N2O6S. The van der Waals surface area contributed by atoms with Gasteiger partial charge in [0.05, 0.1) is 4.90 Å². The van der Waals surface area contributed by atoms with Crippen LogP contribution in [0.1, 0.15) is 19.4 Å². The maximum absolute atomic E-state index is 10.8. The van der Waals surface area contributed by atoms with Gasteiger partial charge in [-0.05, 0) is 17.7 Å². The molecule has 0 bridgehead atoms. The first-order chi connectivity index (χ1) is 9.00. The summed E-state index contributed by atoms with van der Waals surface area (Å²) in [5.41, 5.74) is 6.21. The summed E-state index contributed by atoms with van der Waals surface area (Å²) < 4.78 is 21.6. The maximum atomic E-state index is 10.8. The summed E-state index contributed by atoms with van der Waals surface area (Å²) >= 11 is 0. The molecule has 0 spiro atoms. The van der Waals surface area contributed by atoms with Crippen LogP contribution in [0.2, 0.25) is 0 Å². The number of nitrogens with two attached hydrogens (primary N) is 2. The normalized spacial score (nSPS) is 9.40. The molecule has 0 aliphatic heterocycles. The van der Waals surface area contributed by atoms with Crippen molar-refractivity contribution in [3.05, 3.63) is 29.8 Å². The summed E-state index contributed by atoms with van der Waals surface area (Å²) in [6.45, 7) is 2.56. The summed E-state index contributed by atoms with van der Waals surface area (Å²) in [4.78, 5) is 18.1. The van der Waals surface area contributed by atoms with Crippen molar-refractivity contribution in [3.63, 3.8) is 0 Å². The summed E-state index contributed by atoms with van der Waals surface area (Å²) in [6.07, 6.45) is 0. The molecule has 9 heteroatoms. The first-order valence-electron chi connectivity index (χ1n) is 5.21. The fourth-order valence-electron chi connectivity index (χ4n) is 0.815. The zero-order chi connectivity index (χ0) is 16.3. The highest BCUT2D eigenvalue weighted by Crippen LogP contribution is 2.07. The Balaban J connectivity index is 0. The van der Waals surface area contributed by atoms with Crippen molar-refractivity contribution >= 4 is 22.0 Å². The second-order valence-corrected chi connectivity index (χ2v) is 4.99. The molecule has 1 rings (SSSR count). The fraction of sp³-hybridized carbons (Fsp3) is 0.273. The molecule has 0 aliphatic carbocycles. The average Bonchev–Trinajstić information content (AvgIpc) is 2.26. The predicted molar refractivity (Wildman–Crippen MR) is 72.3 cm³/mol. The van der Waals surface area contributed by atoms with Crippen LogP contribution in [0.3, 0.4) is 0 Å². The number of hydrogen-bond donors (Lipinski definition) is 4. The van der Waals surface area contributed by atoms with Gasteiger partial charge in [0.15, 0.2) is 0 Å². The number of carboxylic acids is 2. The van der Waals surface area contributed by atoms with Crippen molar-refractivity contribution in [2.75, 3.05) is 0 Å². The number of aliphatic carboxylic acids is 2. The maximum Gasteiger partial charge on any atom is 0.300 e. The molecule has 0 saturated heterocycles. The zero-order valence-electron chi connectivity index (χ0n) is 11.1. The molecule has 0 aliphatic rings. The van der Waals surface area contributed by atoms with Crippen molar-refractivity contribution in [2.24, 2.45) is 10.9 Å². The third-order valence-electron chi connectivity index (χ3n) is 1.49. The number of carbonyl (C=O) groups is 2. The number of sulfonamides is 1. The van der Waals surface area contributed by atoms with Crippen LogP contribution in [0.15, 0.2) is 29.2 Å². The average molecular weight is 306 g/mol. The summed E-state index contributed by atoms with van der Waals surface area (Å²) in [6, 6.07) is 6.16. The van der Waals surface area contributed by atoms with Crippen molar-refractivity contribution in [1.29, 1.82) is 0 Å². The van der Waals surface area contributed by atoms with Gasteiger partial charge in [-0.3, -0.25) is 9.59 Å². The standard InChI is InChI=1S/C7H10N2O2S.2C2H4O2/c8-5-6-1-3-7(4-2-6)12(9,10)11;2*1-2(3)4/h1-4H,5,8H2,(H2,9,10,11);2*1H3,(H,3,4). The highest BCUT2D eigenvalue weighted by molar-refractivity contribution is 7.89. The minimum atomic E-state index is -3.57. The monoisotopic (exact) mass is 306 g/mol. The van der Waals surface area contributed by atoms with Gasteiger partial charge in [0.2, 0.25) is 10.0 Å². The van der Waals surface area contributed by atoms with E-state index in [2.05, 4.69) is 0 Å². The Morgan fingerprint density at radius 3 is 1.55 bits per heavy atom. The van der Waals surface area contributed by atoms with Crippen molar-refractivity contribution in [1.82, 2.24) is 0 Å². The van der Waals surface area contributed by atoms with E-state index >= 15 is 0 Å². The van der Waals surface area contributed by atoms with E-state index in [0.29, 0.717) is 6.54 Å². The minimum absolute atomic E-state index is 0.111. The van der Waals surface area contributed by atoms with Gasteiger partial charge in [0, 0.05) is 20.4 Å². The lowest BCUT2D eigenvalue weighted by Crippen LogP contribution is -2.12. The van der Waals surface area contributed by atoms with Crippen LogP contribution in [-0.2, 0) is 26.2 Å². The summed E-state index contributed by atoms with van der Waals surface area (Å²) in [5.74, 6) is -1.67. The third-order valence-corrected chi connectivity index (χ3v) is 2.42. The molecule has 0 aromatic heterocycles. The summed E-state index contributed by atoms with van der Waals surface area (Å²) in [7, 11) is -3.57. The number of rotatable bonds is 2. The van der Waals surface area contributed by atoms with Gasteiger partial charge in [-0.1, -0.05) is 12.1 Å². The molecule has 0 atom stereocenters. The van der Waals surface area contributed by atoms with Crippen LogP contribution < -0.4 is 10.9 Å². The first-order valence-corrected chi connectivity index (χ1v) is 6.76. The van der Waals surface area contributed by atoms with Crippen LogP contribution in [0, 0.1) is 0 Å². The molecule has 0 amide bonds. The SMILES string of the molecule is CC(=O)O.CC(=O)O.NCc1ccc(S(N)(=O)=O)cc1. The molecule has 0 radical (unpaired) electrons. The van der Waals surface area contributed by atoms with Gasteiger partial charge >= 0.3 is 0 Å². The van der Waals surface area contributed by atoms with Gasteiger partial charge in [0.25, 0.3) is 11.9 Å². The van der Waals surface area contributed by atoms with Gasteiger partial charge in [-0.2, -0.15) is 0 Å². The molecule has 1 aromatic carbocycles. The Morgan fingerprint density at radius 1 is 1.05 bits per heavy atom. The highest BCUT2D eigenvalue weighted by atomic mass is 32.2. The van der Waals surface area contributed by atoms with E-state index in [0.717, 1.165) is 19.4 Å². The Hall–Kier alpha value is -1.97.